The first-order chi connectivity index (χ1) is 8.98. The number of hydrogen-bond donors (Lipinski definition) is 1. The number of thiophene rings is 1. The van der Waals surface area contributed by atoms with Gasteiger partial charge in [-0.1, -0.05) is 13.8 Å². The van der Waals surface area contributed by atoms with Crippen LogP contribution in [0.15, 0.2) is 11.4 Å². The highest BCUT2D eigenvalue weighted by Gasteiger charge is 2.14. The average Bonchev–Trinajstić information content (AvgIpc) is 2.80. The van der Waals surface area contributed by atoms with Crippen molar-refractivity contribution in [1.29, 1.82) is 0 Å². The predicted molar refractivity (Wildman–Crippen MR) is 91.6 cm³/mol. The third-order valence-electron chi connectivity index (χ3n) is 3.02. The average molecular weight is 415 g/mol. The van der Waals surface area contributed by atoms with Crippen LogP contribution in [0, 0.1) is 2.88 Å². The molecule has 1 rings (SSSR count). The molecule has 1 unspecified atom stereocenters. The van der Waals surface area contributed by atoms with Gasteiger partial charge in [0.05, 0.1) is 8.64 Å². The molecule has 1 heterocycles. The van der Waals surface area contributed by atoms with E-state index in [9.17, 15) is 8.42 Å². The van der Waals surface area contributed by atoms with E-state index in [1.165, 1.54) is 8.45 Å². The molecular formula is C13H22INO2S2. The van der Waals surface area contributed by atoms with Crippen molar-refractivity contribution in [3.8, 4) is 0 Å². The van der Waals surface area contributed by atoms with Crippen LogP contribution >= 0.6 is 33.9 Å². The predicted octanol–water partition coefficient (Wildman–Crippen LogP) is 3.61. The minimum Gasteiger partial charge on any atom is -0.310 e. The van der Waals surface area contributed by atoms with Gasteiger partial charge in [-0.05, 0) is 65.4 Å². The summed E-state index contributed by atoms with van der Waals surface area (Å²) in [6.07, 6.45) is 2.70. The van der Waals surface area contributed by atoms with E-state index < -0.39 is 9.84 Å². The zero-order valence-electron chi connectivity index (χ0n) is 11.5. The highest BCUT2D eigenvalue weighted by Crippen LogP contribution is 2.25. The van der Waals surface area contributed by atoms with Crippen LogP contribution in [-0.4, -0.2) is 26.5 Å². The van der Waals surface area contributed by atoms with Crippen molar-refractivity contribution in [2.75, 3.05) is 18.1 Å². The first kappa shape index (κ1) is 17.4. The summed E-state index contributed by atoms with van der Waals surface area (Å²) < 4.78 is 24.3. The van der Waals surface area contributed by atoms with Gasteiger partial charge in [0.2, 0.25) is 0 Å². The molecule has 1 aromatic rings. The Morgan fingerprint density at radius 1 is 1.42 bits per heavy atom. The lowest BCUT2D eigenvalue weighted by molar-refractivity contribution is 0.493. The third kappa shape index (κ3) is 6.55. The zero-order chi connectivity index (χ0) is 14.3. The number of rotatable bonds is 9. The molecular weight excluding hydrogens is 393 g/mol. The van der Waals surface area contributed by atoms with Crippen LogP contribution in [0.1, 0.15) is 44.7 Å². The summed E-state index contributed by atoms with van der Waals surface area (Å²) in [6, 6.07) is 2.47. The van der Waals surface area contributed by atoms with E-state index in [-0.39, 0.29) is 11.8 Å². The summed E-state index contributed by atoms with van der Waals surface area (Å²) in [5.74, 6) is 0.547. The second kappa shape index (κ2) is 8.59. The van der Waals surface area contributed by atoms with Crippen molar-refractivity contribution in [2.45, 2.75) is 39.2 Å². The van der Waals surface area contributed by atoms with E-state index in [2.05, 4.69) is 46.3 Å². The van der Waals surface area contributed by atoms with Gasteiger partial charge in [-0.2, -0.15) is 0 Å². The molecule has 1 aromatic heterocycles. The van der Waals surface area contributed by atoms with E-state index >= 15 is 0 Å². The Hall–Kier alpha value is 0.340. The lowest BCUT2D eigenvalue weighted by Gasteiger charge is -2.17. The van der Waals surface area contributed by atoms with Crippen LogP contribution in [0.5, 0.6) is 0 Å². The van der Waals surface area contributed by atoms with Gasteiger partial charge in [-0.25, -0.2) is 8.42 Å². The molecule has 0 aliphatic carbocycles. The minimum absolute atomic E-state index is 0.246. The fourth-order valence-corrected chi connectivity index (χ4v) is 4.18. The molecule has 0 saturated carbocycles. The van der Waals surface area contributed by atoms with Crippen LogP contribution in [0.25, 0.3) is 0 Å². The zero-order valence-corrected chi connectivity index (χ0v) is 15.3. The number of sulfone groups is 1. The summed E-state index contributed by atoms with van der Waals surface area (Å²) in [6.45, 7) is 4.82. The first-order valence-corrected chi connectivity index (χ1v) is 10.4. The molecule has 1 atom stereocenters. The van der Waals surface area contributed by atoms with Crippen molar-refractivity contribution in [3.05, 3.63) is 19.9 Å². The summed E-state index contributed by atoms with van der Waals surface area (Å²) in [5, 5.41) is 5.68. The van der Waals surface area contributed by atoms with Crippen LogP contribution in [0.4, 0.5) is 0 Å². The van der Waals surface area contributed by atoms with E-state index in [1.807, 2.05) is 0 Å². The van der Waals surface area contributed by atoms with Gasteiger partial charge in [0.25, 0.3) is 0 Å². The Bertz CT molecular complexity index is 471. The third-order valence-corrected chi connectivity index (χ3v) is 6.62. The van der Waals surface area contributed by atoms with E-state index in [4.69, 9.17) is 0 Å². The molecule has 0 spiro atoms. The van der Waals surface area contributed by atoms with Crippen molar-refractivity contribution < 1.29 is 8.42 Å². The lowest BCUT2D eigenvalue weighted by atomic mass is 10.1. The molecule has 0 bridgehead atoms. The second-order valence-corrected chi connectivity index (χ2v) is 9.85. The Morgan fingerprint density at radius 3 is 2.68 bits per heavy atom. The van der Waals surface area contributed by atoms with Crippen molar-refractivity contribution in [1.82, 2.24) is 5.32 Å². The van der Waals surface area contributed by atoms with Gasteiger partial charge in [0, 0.05) is 11.8 Å². The highest BCUT2D eigenvalue weighted by molar-refractivity contribution is 14.1. The topological polar surface area (TPSA) is 46.2 Å². The lowest BCUT2D eigenvalue weighted by Crippen LogP contribution is -2.22. The molecule has 0 saturated heterocycles. The Kier molecular flexibility index (Phi) is 7.86. The number of halogens is 1. The summed E-state index contributed by atoms with van der Waals surface area (Å²) >= 11 is 4.06. The Balaban J connectivity index is 2.55. The maximum Gasteiger partial charge on any atom is 0.150 e. The van der Waals surface area contributed by atoms with Crippen LogP contribution in [-0.2, 0) is 9.84 Å². The SMILES string of the molecule is CCCNC(CCCS(=O)(=O)CC)c1csc(I)c1. The first-order valence-electron chi connectivity index (χ1n) is 6.66. The quantitative estimate of drug-likeness (QED) is 0.627. The molecule has 0 aliphatic rings. The fourth-order valence-electron chi connectivity index (χ4n) is 1.86. The van der Waals surface area contributed by atoms with Crippen LogP contribution in [0.2, 0.25) is 0 Å². The summed E-state index contributed by atoms with van der Waals surface area (Å²) in [5.41, 5.74) is 1.29. The van der Waals surface area contributed by atoms with Gasteiger partial charge < -0.3 is 5.32 Å². The molecule has 110 valence electrons. The fraction of sp³-hybridized carbons (Fsp3) is 0.692. The molecule has 0 aromatic carbocycles. The smallest absolute Gasteiger partial charge is 0.150 e. The molecule has 0 aliphatic heterocycles. The molecule has 1 N–H and O–H groups in total. The summed E-state index contributed by atoms with van der Waals surface area (Å²) in [7, 11) is -2.84. The largest absolute Gasteiger partial charge is 0.310 e. The van der Waals surface area contributed by atoms with Crippen molar-refractivity contribution in [3.63, 3.8) is 0 Å². The van der Waals surface area contributed by atoms with Crippen molar-refractivity contribution in [2.24, 2.45) is 0 Å². The Labute approximate surface area is 134 Å². The van der Waals surface area contributed by atoms with Crippen LogP contribution < -0.4 is 5.32 Å². The van der Waals surface area contributed by atoms with Crippen molar-refractivity contribution >= 4 is 43.8 Å². The van der Waals surface area contributed by atoms with Gasteiger partial charge in [0.15, 0.2) is 0 Å². The van der Waals surface area contributed by atoms with Crippen LogP contribution in [0.3, 0.4) is 0 Å². The monoisotopic (exact) mass is 415 g/mol. The van der Waals surface area contributed by atoms with E-state index in [1.54, 1.807) is 18.3 Å². The Morgan fingerprint density at radius 2 is 2.16 bits per heavy atom. The molecule has 19 heavy (non-hydrogen) atoms. The molecule has 3 nitrogen and oxygen atoms in total. The normalized spacial score (nSPS) is 13.6. The molecule has 0 radical (unpaired) electrons. The van der Waals surface area contributed by atoms with Gasteiger partial charge in [-0.15, -0.1) is 11.3 Å². The summed E-state index contributed by atoms with van der Waals surface area (Å²) in [4.78, 5) is 0. The van der Waals surface area contributed by atoms with Gasteiger partial charge >= 0.3 is 0 Å². The maximum absolute atomic E-state index is 11.5. The number of nitrogens with one attached hydrogen (secondary N) is 1. The maximum atomic E-state index is 11.5. The van der Waals surface area contributed by atoms with E-state index in [0.29, 0.717) is 5.75 Å². The standard InChI is InChI=1S/C13H22INO2S2/c1-3-7-15-12(11-9-13(14)18-10-11)6-5-8-19(16,17)4-2/h9-10,12,15H,3-8H2,1-2H3. The van der Waals surface area contributed by atoms with E-state index in [0.717, 1.165) is 25.8 Å². The molecule has 0 fully saturated rings. The number of hydrogen-bond acceptors (Lipinski definition) is 4. The van der Waals surface area contributed by atoms with Gasteiger partial charge in [-0.3, -0.25) is 0 Å². The van der Waals surface area contributed by atoms with Gasteiger partial charge in [0.1, 0.15) is 9.84 Å². The highest BCUT2D eigenvalue weighted by atomic mass is 127. The second-order valence-electron chi connectivity index (χ2n) is 4.57. The molecule has 6 heteroatoms. The minimum atomic E-state index is -2.84. The molecule has 0 amide bonds.